The van der Waals surface area contributed by atoms with E-state index < -0.39 is 0 Å². The van der Waals surface area contributed by atoms with Crippen molar-refractivity contribution in [3.05, 3.63) is 24.3 Å². The minimum absolute atomic E-state index is 0.134. The van der Waals surface area contributed by atoms with E-state index in [0.717, 1.165) is 5.57 Å². The fourth-order valence-electron chi connectivity index (χ4n) is 0.843. The molecule has 0 saturated carbocycles. The van der Waals surface area contributed by atoms with Gasteiger partial charge in [0.25, 0.3) is 0 Å². The molecule has 0 aromatic heterocycles. The highest BCUT2D eigenvalue weighted by molar-refractivity contribution is 5.93. The minimum atomic E-state index is 0.134. The largest absolute Gasteiger partial charge is 0.295 e. The average Bonchev–Trinajstić information content (AvgIpc) is 1.81. The predicted molar refractivity (Wildman–Crippen MR) is 43.8 cm³/mol. The molecule has 0 N–H and O–H groups in total. The Morgan fingerprint density at radius 2 is 2.00 bits per heavy atom. The Morgan fingerprint density at radius 3 is 2.10 bits per heavy atom. The molecule has 1 nitrogen and oxygen atoms in total. The van der Waals surface area contributed by atoms with Gasteiger partial charge in [0.05, 0.1) is 0 Å². The molecule has 0 fully saturated rings. The van der Waals surface area contributed by atoms with Gasteiger partial charge in [0.2, 0.25) is 0 Å². The summed E-state index contributed by atoms with van der Waals surface area (Å²) in [6, 6.07) is 0. The number of allylic oxidation sites excluding steroid dienone is 3. The van der Waals surface area contributed by atoms with Crippen molar-refractivity contribution in [1.29, 1.82) is 0 Å². The van der Waals surface area contributed by atoms with Gasteiger partial charge >= 0.3 is 0 Å². The fraction of sp³-hybridized carbons (Fsp3) is 0.444. The maximum absolute atomic E-state index is 10.9. The van der Waals surface area contributed by atoms with Crippen molar-refractivity contribution >= 4 is 5.78 Å². The number of Topliss-reactive ketones (excluding diaryl/α,β-unsaturated/α-hetero) is 1. The Kier molecular flexibility index (Phi) is 3.70. The topological polar surface area (TPSA) is 17.1 Å². The number of carbonyl (C=O) groups is 1. The van der Waals surface area contributed by atoms with Crippen LogP contribution in [0.1, 0.15) is 20.8 Å². The molecule has 0 radical (unpaired) electrons. The van der Waals surface area contributed by atoms with Crippen LogP contribution in [0.15, 0.2) is 24.3 Å². The average molecular weight is 138 g/mol. The van der Waals surface area contributed by atoms with E-state index in [1.165, 1.54) is 0 Å². The second kappa shape index (κ2) is 4.04. The summed E-state index contributed by atoms with van der Waals surface area (Å²) < 4.78 is 0. The summed E-state index contributed by atoms with van der Waals surface area (Å²) in [6.45, 7) is 9.11. The van der Waals surface area contributed by atoms with Crippen LogP contribution in [0.4, 0.5) is 0 Å². The molecule has 0 unspecified atom stereocenters. The van der Waals surface area contributed by atoms with Crippen LogP contribution in [-0.2, 0) is 4.79 Å². The van der Waals surface area contributed by atoms with E-state index in [2.05, 4.69) is 6.58 Å². The monoisotopic (exact) mass is 138 g/mol. The van der Waals surface area contributed by atoms with Crippen molar-refractivity contribution < 1.29 is 4.79 Å². The molecule has 56 valence electrons. The molecule has 0 atom stereocenters. The summed E-state index contributed by atoms with van der Waals surface area (Å²) in [5.74, 6) is 0.436. The van der Waals surface area contributed by atoms with Gasteiger partial charge in [0.1, 0.15) is 0 Å². The van der Waals surface area contributed by atoms with Crippen molar-refractivity contribution in [3.63, 3.8) is 0 Å². The molecule has 1 heteroatoms. The van der Waals surface area contributed by atoms with Crippen molar-refractivity contribution in [2.45, 2.75) is 20.8 Å². The SMILES string of the molecule is C=CC=C(C(C)=O)C(C)C. The Balaban J connectivity index is 4.41. The van der Waals surface area contributed by atoms with Crippen molar-refractivity contribution in [1.82, 2.24) is 0 Å². The number of carbonyl (C=O) groups excluding carboxylic acids is 1. The van der Waals surface area contributed by atoms with Crippen LogP contribution < -0.4 is 0 Å². The molecule has 0 saturated heterocycles. The van der Waals surface area contributed by atoms with Gasteiger partial charge in [0, 0.05) is 0 Å². The summed E-state index contributed by atoms with van der Waals surface area (Å²) in [6.07, 6.45) is 3.42. The van der Waals surface area contributed by atoms with E-state index >= 15 is 0 Å². The molecule has 0 bridgehead atoms. The molecule has 0 rings (SSSR count). The lowest BCUT2D eigenvalue weighted by Gasteiger charge is -2.04. The lowest BCUT2D eigenvalue weighted by atomic mass is 10.00. The zero-order chi connectivity index (χ0) is 8.15. The molecule has 0 heterocycles. The highest BCUT2D eigenvalue weighted by Crippen LogP contribution is 2.09. The smallest absolute Gasteiger partial charge is 0.156 e. The van der Waals surface area contributed by atoms with Gasteiger partial charge in [-0.3, -0.25) is 4.79 Å². The van der Waals surface area contributed by atoms with Gasteiger partial charge in [-0.2, -0.15) is 0 Å². The maximum Gasteiger partial charge on any atom is 0.156 e. The van der Waals surface area contributed by atoms with Crippen LogP contribution in [0.5, 0.6) is 0 Å². The molecule has 10 heavy (non-hydrogen) atoms. The molecular formula is C9H14O. The van der Waals surface area contributed by atoms with Gasteiger partial charge in [-0.15, -0.1) is 0 Å². The number of ketones is 1. The predicted octanol–water partition coefficient (Wildman–Crippen LogP) is 2.34. The first kappa shape index (κ1) is 9.15. The van der Waals surface area contributed by atoms with Crippen LogP contribution >= 0.6 is 0 Å². The van der Waals surface area contributed by atoms with Crippen LogP contribution in [-0.4, -0.2) is 5.78 Å². The number of rotatable bonds is 3. The first-order chi connectivity index (χ1) is 4.59. The Hall–Kier alpha value is -0.850. The van der Waals surface area contributed by atoms with Gasteiger partial charge < -0.3 is 0 Å². The van der Waals surface area contributed by atoms with Crippen molar-refractivity contribution in [2.75, 3.05) is 0 Å². The van der Waals surface area contributed by atoms with E-state index in [9.17, 15) is 4.79 Å². The minimum Gasteiger partial charge on any atom is -0.295 e. The molecular weight excluding hydrogens is 124 g/mol. The first-order valence-electron chi connectivity index (χ1n) is 3.43. The summed E-state index contributed by atoms with van der Waals surface area (Å²) >= 11 is 0. The Labute approximate surface area is 62.4 Å². The summed E-state index contributed by atoms with van der Waals surface area (Å²) in [4.78, 5) is 10.9. The summed E-state index contributed by atoms with van der Waals surface area (Å²) in [7, 11) is 0. The zero-order valence-corrected chi connectivity index (χ0v) is 6.85. The van der Waals surface area contributed by atoms with Crippen molar-refractivity contribution in [2.24, 2.45) is 5.92 Å². The number of hydrogen-bond donors (Lipinski definition) is 0. The second-order valence-corrected chi connectivity index (χ2v) is 2.57. The fourth-order valence-corrected chi connectivity index (χ4v) is 0.843. The van der Waals surface area contributed by atoms with E-state index in [1.807, 2.05) is 13.8 Å². The molecule has 0 spiro atoms. The van der Waals surface area contributed by atoms with Gasteiger partial charge in [-0.25, -0.2) is 0 Å². The van der Waals surface area contributed by atoms with Crippen molar-refractivity contribution in [3.8, 4) is 0 Å². The van der Waals surface area contributed by atoms with E-state index in [0.29, 0.717) is 5.92 Å². The third kappa shape index (κ3) is 2.62. The molecule has 0 aromatic rings. The van der Waals surface area contributed by atoms with Crippen LogP contribution in [0.25, 0.3) is 0 Å². The highest BCUT2D eigenvalue weighted by atomic mass is 16.1. The molecule has 0 aliphatic carbocycles. The highest BCUT2D eigenvalue weighted by Gasteiger charge is 2.05. The Morgan fingerprint density at radius 1 is 1.50 bits per heavy atom. The van der Waals surface area contributed by atoms with Gasteiger partial charge in [-0.05, 0) is 18.4 Å². The lowest BCUT2D eigenvalue weighted by Crippen LogP contribution is -2.03. The Bertz CT molecular complexity index is 164. The van der Waals surface area contributed by atoms with Crippen LogP contribution in [0, 0.1) is 5.92 Å². The van der Waals surface area contributed by atoms with E-state index in [1.54, 1.807) is 19.1 Å². The summed E-state index contributed by atoms with van der Waals surface area (Å²) in [5, 5.41) is 0. The van der Waals surface area contributed by atoms with Gasteiger partial charge in [0.15, 0.2) is 5.78 Å². The normalized spacial score (nSPS) is 11.8. The molecule has 0 amide bonds. The third-order valence-corrected chi connectivity index (χ3v) is 1.33. The number of hydrogen-bond acceptors (Lipinski definition) is 1. The lowest BCUT2D eigenvalue weighted by molar-refractivity contribution is -0.114. The maximum atomic E-state index is 10.9. The van der Waals surface area contributed by atoms with Gasteiger partial charge in [-0.1, -0.05) is 32.6 Å². The quantitative estimate of drug-likeness (QED) is 0.432. The molecule has 0 aliphatic heterocycles. The third-order valence-electron chi connectivity index (χ3n) is 1.33. The van der Waals surface area contributed by atoms with E-state index in [-0.39, 0.29) is 5.78 Å². The zero-order valence-electron chi connectivity index (χ0n) is 6.85. The summed E-state index contributed by atoms with van der Waals surface area (Å²) in [5.41, 5.74) is 0.843. The standard InChI is InChI=1S/C9H14O/c1-5-6-9(7(2)3)8(4)10/h5-7H,1H2,2-4H3. The van der Waals surface area contributed by atoms with Crippen LogP contribution in [0.3, 0.4) is 0 Å². The molecule has 0 aromatic carbocycles. The van der Waals surface area contributed by atoms with E-state index in [4.69, 9.17) is 0 Å². The first-order valence-corrected chi connectivity index (χ1v) is 3.43. The van der Waals surface area contributed by atoms with Crippen LogP contribution in [0.2, 0.25) is 0 Å². The molecule has 0 aliphatic rings. The second-order valence-electron chi connectivity index (χ2n) is 2.57.